The zero-order valence-corrected chi connectivity index (χ0v) is 12.0. The largest absolute Gasteiger partial charge is 0.464 e. The molecule has 0 aromatic carbocycles. The van der Waals surface area contributed by atoms with Crippen molar-refractivity contribution in [1.29, 1.82) is 0 Å². The fraction of sp³-hybridized carbons (Fsp3) is 0.462. The average molecular weight is 280 g/mol. The van der Waals surface area contributed by atoms with Crippen molar-refractivity contribution in [3.05, 3.63) is 17.8 Å². The number of pyridine rings is 1. The van der Waals surface area contributed by atoms with Crippen LogP contribution in [0.2, 0.25) is 0 Å². The van der Waals surface area contributed by atoms with E-state index < -0.39 is 5.97 Å². The minimum Gasteiger partial charge on any atom is -0.464 e. The standard InChI is InChI=1S/C13H20N4O3/c1-4-7-17(8-11(18)15-2)12-9(14)5-6-10(16-12)13(19)20-3/h5-6H,4,7-8,14H2,1-3H3,(H,15,18). The van der Waals surface area contributed by atoms with E-state index in [1.54, 1.807) is 18.0 Å². The van der Waals surface area contributed by atoms with Crippen molar-refractivity contribution in [3.8, 4) is 0 Å². The molecule has 0 aliphatic carbocycles. The number of nitrogens with one attached hydrogen (secondary N) is 1. The van der Waals surface area contributed by atoms with E-state index in [2.05, 4.69) is 15.0 Å². The van der Waals surface area contributed by atoms with Crippen LogP contribution in [0.25, 0.3) is 0 Å². The Morgan fingerprint density at radius 2 is 2.15 bits per heavy atom. The van der Waals surface area contributed by atoms with E-state index in [0.717, 1.165) is 6.42 Å². The Hall–Kier alpha value is -2.31. The summed E-state index contributed by atoms with van der Waals surface area (Å²) in [6, 6.07) is 3.08. The average Bonchev–Trinajstić information content (AvgIpc) is 2.46. The Kier molecular flexibility index (Phi) is 5.76. The molecule has 1 rings (SSSR count). The van der Waals surface area contributed by atoms with Crippen molar-refractivity contribution in [3.63, 3.8) is 0 Å². The molecule has 1 amide bonds. The number of ether oxygens (including phenoxy) is 1. The first kappa shape index (κ1) is 15.7. The lowest BCUT2D eigenvalue weighted by molar-refractivity contribution is -0.119. The van der Waals surface area contributed by atoms with Crippen molar-refractivity contribution >= 4 is 23.4 Å². The van der Waals surface area contributed by atoms with Crippen LogP contribution in [0.1, 0.15) is 23.8 Å². The van der Waals surface area contributed by atoms with Crippen LogP contribution in [0.4, 0.5) is 11.5 Å². The van der Waals surface area contributed by atoms with Gasteiger partial charge < -0.3 is 20.7 Å². The molecule has 0 aliphatic heterocycles. The summed E-state index contributed by atoms with van der Waals surface area (Å²) < 4.78 is 4.63. The van der Waals surface area contributed by atoms with E-state index in [1.807, 2.05) is 6.92 Å². The summed E-state index contributed by atoms with van der Waals surface area (Å²) in [7, 11) is 2.85. The number of nitrogens with two attached hydrogens (primary N) is 1. The number of nitrogen functional groups attached to an aromatic ring is 1. The number of aromatic nitrogens is 1. The molecule has 1 aromatic rings. The van der Waals surface area contributed by atoms with Crippen LogP contribution in [-0.2, 0) is 9.53 Å². The first-order valence-electron chi connectivity index (χ1n) is 6.33. The number of likely N-dealkylation sites (N-methyl/N-ethyl adjacent to an activating group) is 1. The van der Waals surface area contributed by atoms with Gasteiger partial charge in [0.05, 0.1) is 19.3 Å². The van der Waals surface area contributed by atoms with Gasteiger partial charge in [0.15, 0.2) is 11.5 Å². The second-order valence-corrected chi connectivity index (χ2v) is 4.20. The maximum absolute atomic E-state index is 11.5. The third kappa shape index (κ3) is 3.84. The molecular formula is C13H20N4O3. The molecule has 0 aliphatic rings. The van der Waals surface area contributed by atoms with Crippen LogP contribution in [-0.4, -0.2) is 44.1 Å². The molecule has 110 valence electrons. The third-order valence-electron chi connectivity index (χ3n) is 2.71. The first-order chi connectivity index (χ1) is 9.53. The molecule has 20 heavy (non-hydrogen) atoms. The van der Waals surface area contributed by atoms with Gasteiger partial charge in [0.1, 0.15) is 0 Å². The van der Waals surface area contributed by atoms with E-state index in [4.69, 9.17) is 5.73 Å². The molecule has 1 heterocycles. The number of carbonyl (C=O) groups excluding carboxylic acids is 2. The Bertz CT molecular complexity index is 491. The Morgan fingerprint density at radius 1 is 1.45 bits per heavy atom. The molecule has 1 aromatic heterocycles. The number of hydrogen-bond acceptors (Lipinski definition) is 6. The normalized spacial score (nSPS) is 9.95. The van der Waals surface area contributed by atoms with Crippen molar-refractivity contribution in [1.82, 2.24) is 10.3 Å². The third-order valence-corrected chi connectivity index (χ3v) is 2.71. The van der Waals surface area contributed by atoms with Gasteiger partial charge in [-0.2, -0.15) is 0 Å². The summed E-state index contributed by atoms with van der Waals surface area (Å²) in [5.41, 5.74) is 6.47. The van der Waals surface area contributed by atoms with E-state index in [-0.39, 0.29) is 18.1 Å². The molecular weight excluding hydrogens is 260 g/mol. The van der Waals surface area contributed by atoms with E-state index >= 15 is 0 Å². The second kappa shape index (κ2) is 7.32. The van der Waals surface area contributed by atoms with Crippen molar-refractivity contribution in [2.75, 3.05) is 37.9 Å². The van der Waals surface area contributed by atoms with Gasteiger partial charge in [-0.25, -0.2) is 9.78 Å². The van der Waals surface area contributed by atoms with Crippen LogP contribution >= 0.6 is 0 Å². The molecule has 0 fully saturated rings. The smallest absolute Gasteiger partial charge is 0.356 e. The summed E-state index contributed by atoms with van der Waals surface area (Å²) >= 11 is 0. The van der Waals surface area contributed by atoms with Gasteiger partial charge in [0.2, 0.25) is 5.91 Å². The van der Waals surface area contributed by atoms with Gasteiger partial charge in [-0.3, -0.25) is 4.79 Å². The van der Waals surface area contributed by atoms with E-state index in [0.29, 0.717) is 18.1 Å². The summed E-state index contributed by atoms with van der Waals surface area (Å²) in [5.74, 6) is -0.274. The fourth-order valence-corrected chi connectivity index (χ4v) is 1.71. The van der Waals surface area contributed by atoms with Crippen LogP contribution in [0.5, 0.6) is 0 Å². The molecule has 0 radical (unpaired) electrons. The molecule has 0 saturated carbocycles. The van der Waals surface area contributed by atoms with Crippen LogP contribution < -0.4 is 16.0 Å². The van der Waals surface area contributed by atoms with Crippen molar-refractivity contribution in [2.24, 2.45) is 0 Å². The number of rotatable bonds is 6. The molecule has 3 N–H and O–H groups in total. The fourth-order valence-electron chi connectivity index (χ4n) is 1.71. The minimum atomic E-state index is -0.539. The maximum atomic E-state index is 11.5. The highest BCUT2D eigenvalue weighted by Gasteiger charge is 2.17. The van der Waals surface area contributed by atoms with Crippen LogP contribution in [0.15, 0.2) is 12.1 Å². The Balaban J connectivity index is 3.10. The number of methoxy groups -OCH3 is 1. The van der Waals surface area contributed by atoms with E-state index in [1.165, 1.54) is 13.2 Å². The quantitative estimate of drug-likeness (QED) is 0.733. The number of anilines is 2. The number of hydrogen-bond donors (Lipinski definition) is 2. The van der Waals surface area contributed by atoms with Gasteiger partial charge in [-0.1, -0.05) is 6.92 Å². The molecule has 0 saturated heterocycles. The van der Waals surface area contributed by atoms with Crippen LogP contribution in [0, 0.1) is 0 Å². The van der Waals surface area contributed by atoms with E-state index in [9.17, 15) is 9.59 Å². The number of esters is 1. The highest BCUT2D eigenvalue weighted by molar-refractivity contribution is 5.89. The summed E-state index contributed by atoms with van der Waals surface area (Å²) in [6.07, 6.45) is 0.820. The molecule has 7 heteroatoms. The molecule has 0 unspecified atom stereocenters. The summed E-state index contributed by atoms with van der Waals surface area (Å²) in [4.78, 5) is 29.0. The second-order valence-electron chi connectivity index (χ2n) is 4.20. The summed E-state index contributed by atoms with van der Waals surface area (Å²) in [5, 5.41) is 2.55. The maximum Gasteiger partial charge on any atom is 0.356 e. The van der Waals surface area contributed by atoms with Gasteiger partial charge >= 0.3 is 5.97 Å². The predicted molar refractivity (Wildman–Crippen MR) is 76.6 cm³/mol. The molecule has 7 nitrogen and oxygen atoms in total. The highest BCUT2D eigenvalue weighted by atomic mass is 16.5. The minimum absolute atomic E-state index is 0.131. The predicted octanol–water partition coefficient (Wildman–Crippen LogP) is 0.413. The molecule has 0 spiro atoms. The first-order valence-corrected chi connectivity index (χ1v) is 6.33. The van der Waals surface area contributed by atoms with Gasteiger partial charge in [0, 0.05) is 13.6 Å². The van der Waals surface area contributed by atoms with Gasteiger partial charge in [0.25, 0.3) is 0 Å². The van der Waals surface area contributed by atoms with Gasteiger partial charge in [-0.05, 0) is 18.6 Å². The number of carbonyl (C=O) groups is 2. The Morgan fingerprint density at radius 3 is 2.70 bits per heavy atom. The number of amides is 1. The lowest BCUT2D eigenvalue weighted by Gasteiger charge is -2.23. The molecule has 0 atom stereocenters. The monoisotopic (exact) mass is 280 g/mol. The Labute approximate surface area is 118 Å². The zero-order chi connectivity index (χ0) is 15.1. The lowest BCUT2D eigenvalue weighted by Crippen LogP contribution is -2.37. The summed E-state index contributed by atoms with van der Waals surface area (Å²) in [6.45, 7) is 2.72. The topological polar surface area (TPSA) is 97.5 Å². The number of nitrogens with zero attached hydrogens (tertiary/aromatic N) is 2. The lowest BCUT2D eigenvalue weighted by atomic mass is 10.3. The highest BCUT2D eigenvalue weighted by Crippen LogP contribution is 2.21. The van der Waals surface area contributed by atoms with Crippen molar-refractivity contribution < 1.29 is 14.3 Å². The van der Waals surface area contributed by atoms with Gasteiger partial charge in [-0.15, -0.1) is 0 Å². The molecule has 0 bridgehead atoms. The zero-order valence-electron chi connectivity index (χ0n) is 12.0. The SMILES string of the molecule is CCCN(CC(=O)NC)c1nc(C(=O)OC)ccc1N. The van der Waals surface area contributed by atoms with Crippen molar-refractivity contribution in [2.45, 2.75) is 13.3 Å². The van der Waals surface area contributed by atoms with Crippen LogP contribution in [0.3, 0.4) is 0 Å².